The van der Waals surface area contributed by atoms with Gasteiger partial charge < -0.3 is 20.1 Å². The predicted octanol–water partition coefficient (Wildman–Crippen LogP) is 3.27. The van der Waals surface area contributed by atoms with Crippen LogP contribution >= 0.6 is 0 Å². The van der Waals surface area contributed by atoms with Gasteiger partial charge in [-0.15, -0.1) is 0 Å². The Morgan fingerprint density at radius 1 is 1.27 bits per heavy atom. The van der Waals surface area contributed by atoms with Crippen molar-refractivity contribution in [3.8, 4) is 5.75 Å². The Morgan fingerprint density at radius 2 is 2.15 bits per heavy atom. The standard InChI is InChI=1S/C21H31N3O2/c1-2-22-21(23-12-9-17-10-13-25-14-11-17)24-15-19-5-3-4-6-20(19)26-16-18-7-8-18/h3-6,10,18H,2,7-9,11-16H2,1H3,(H2,22,23,24). The molecule has 1 aliphatic heterocycles. The van der Waals surface area contributed by atoms with Gasteiger partial charge in [0.25, 0.3) is 0 Å². The van der Waals surface area contributed by atoms with Crippen LogP contribution in [-0.4, -0.2) is 38.9 Å². The van der Waals surface area contributed by atoms with Gasteiger partial charge in [0.05, 0.1) is 26.4 Å². The minimum Gasteiger partial charge on any atom is -0.493 e. The maximum atomic E-state index is 5.98. The first-order chi connectivity index (χ1) is 12.8. The molecule has 1 aliphatic carbocycles. The zero-order valence-corrected chi connectivity index (χ0v) is 15.8. The molecule has 0 bridgehead atoms. The second-order valence-corrected chi connectivity index (χ2v) is 6.92. The minimum absolute atomic E-state index is 0.618. The molecule has 1 saturated carbocycles. The summed E-state index contributed by atoms with van der Waals surface area (Å²) >= 11 is 0. The normalized spacial score (nSPS) is 17.6. The molecule has 0 spiro atoms. The summed E-state index contributed by atoms with van der Waals surface area (Å²) in [5, 5.41) is 6.76. The van der Waals surface area contributed by atoms with Crippen LogP contribution in [0, 0.1) is 5.92 Å². The molecule has 2 aliphatic rings. The van der Waals surface area contributed by atoms with E-state index in [0.717, 1.165) is 68.9 Å². The number of rotatable bonds is 9. The average molecular weight is 357 g/mol. The molecule has 142 valence electrons. The summed E-state index contributed by atoms with van der Waals surface area (Å²) in [7, 11) is 0. The highest BCUT2D eigenvalue weighted by Gasteiger charge is 2.22. The molecule has 0 radical (unpaired) electrons. The molecule has 0 unspecified atom stereocenters. The zero-order chi connectivity index (χ0) is 18.0. The third-order valence-electron chi connectivity index (χ3n) is 4.69. The number of ether oxygens (including phenoxy) is 2. The topological polar surface area (TPSA) is 54.9 Å². The highest BCUT2D eigenvalue weighted by Crippen LogP contribution is 2.30. The maximum absolute atomic E-state index is 5.98. The Morgan fingerprint density at radius 3 is 2.92 bits per heavy atom. The van der Waals surface area contributed by atoms with Gasteiger partial charge in [-0.2, -0.15) is 0 Å². The molecule has 5 heteroatoms. The molecule has 0 atom stereocenters. The van der Waals surface area contributed by atoms with E-state index >= 15 is 0 Å². The lowest BCUT2D eigenvalue weighted by Gasteiger charge is -2.16. The van der Waals surface area contributed by atoms with Crippen LogP contribution in [0.4, 0.5) is 0 Å². The number of hydrogen-bond donors (Lipinski definition) is 2. The molecule has 5 nitrogen and oxygen atoms in total. The molecule has 0 saturated heterocycles. The van der Waals surface area contributed by atoms with Gasteiger partial charge in [0.1, 0.15) is 5.75 Å². The summed E-state index contributed by atoms with van der Waals surface area (Å²) in [4.78, 5) is 4.74. The van der Waals surface area contributed by atoms with E-state index in [4.69, 9.17) is 14.5 Å². The van der Waals surface area contributed by atoms with Crippen molar-refractivity contribution >= 4 is 5.96 Å². The summed E-state index contributed by atoms with van der Waals surface area (Å²) in [5.74, 6) is 2.58. The summed E-state index contributed by atoms with van der Waals surface area (Å²) in [5.41, 5.74) is 2.61. The SMILES string of the molecule is CCNC(=NCc1ccccc1OCC1CC1)NCCC1=CCOCC1. The Hall–Kier alpha value is -2.01. The van der Waals surface area contributed by atoms with Crippen LogP contribution < -0.4 is 15.4 Å². The number of nitrogens with zero attached hydrogens (tertiary/aromatic N) is 1. The quantitative estimate of drug-likeness (QED) is 0.405. The van der Waals surface area contributed by atoms with Crippen LogP contribution in [0.5, 0.6) is 5.75 Å². The molecule has 1 aromatic carbocycles. The monoisotopic (exact) mass is 357 g/mol. The third-order valence-corrected chi connectivity index (χ3v) is 4.69. The van der Waals surface area contributed by atoms with Gasteiger partial charge in [-0.05, 0) is 44.6 Å². The van der Waals surface area contributed by atoms with Crippen LogP contribution in [0.15, 0.2) is 40.9 Å². The Labute approximate surface area is 156 Å². The van der Waals surface area contributed by atoms with Gasteiger partial charge in [-0.1, -0.05) is 29.8 Å². The molecule has 0 aromatic heterocycles. The van der Waals surface area contributed by atoms with E-state index in [1.165, 1.54) is 18.4 Å². The van der Waals surface area contributed by atoms with Crippen molar-refractivity contribution in [3.63, 3.8) is 0 Å². The van der Waals surface area contributed by atoms with E-state index in [0.29, 0.717) is 6.54 Å². The summed E-state index contributed by atoms with van der Waals surface area (Å²) in [6.45, 7) is 6.87. The fraction of sp³-hybridized carbons (Fsp3) is 0.571. The van der Waals surface area contributed by atoms with Crippen molar-refractivity contribution in [2.24, 2.45) is 10.9 Å². The molecule has 3 rings (SSSR count). The predicted molar refractivity (Wildman–Crippen MR) is 106 cm³/mol. The Kier molecular flexibility index (Phi) is 7.37. The first-order valence-corrected chi connectivity index (χ1v) is 9.83. The van der Waals surface area contributed by atoms with E-state index < -0.39 is 0 Å². The first kappa shape index (κ1) is 18.8. The van der Waals surface area contributed by atoms with E-state index in [9.17, 15) is 0 Å². The van der Waals surface area contributed by atoms with Crippen molar-refractivity contribution in [2.75, 3.05) is 32.9 Å². The minimum atomic E-state index is 0.618. The number of hydrogen-bond acceptors (Lipinski definition) is 3. The van der Waals surface area contributed by atoms with Crippen molar-refractivity contribution in [3.05, 3.63) is 41.5 Å². The summed E-state index contributed by atoms with van der Waals surface area (Å²) < 4.78 is 11.3. The van der Waals surface area contributed by atoms with Gasteiger partial charge in [-0.25, -0.2) is 4.99 Å². The van der Waals surface area contributed by atoms with E-state index in [1.54, 1.807) is 0 Å². The number of benzene rings is 1. The number of aliphatic imine (C=N–C) groups is 1. The van der Waals surface area contributed by atoms with Crippen LogP contribution in [0.25, 0.3) is 0 Å². The third kappa shape index (κ3) is 6.37. The van der Waals surface area contributed by atoms with Crippen molar-refractivity contribution in [1.29, 1.82) is 0 Å². The molecule has 1 aromatic rings. The molecule has 2 N–H and O–H groups in total. The van der Waals surface area contributed by atoms with Crippen LogP contribution in [0.1, 0.15) is 38.2 Å². The lowest BCUT2D eigenvalue weighted by Crippen LogP contribution is -2.38. The largest absolute Gasteiger partial charge is 0.493 e. The number of para-hydroxylation sites is 1. The smallest absolute Gasteiger partial charge is 0.191 e. The Bertz CT molecular complexity index is 623. The van der Waals surface area contributed by atoms with Crippen LogP contribution in [0.2, 0.25) is 0 Å². The van der Waals surface area contributed by atoms with Crippen molar-refractivity contribution < 1.29 is 9.47 Å². The van der Waals surface area contributed by atoms with Gasteiger partial charge in [0.2, 0.25) is 0 Å². The number of guanidine groups is 1. The molecular weight excluding hydrogens is 326 g/mol. The molecule has 1 fully saturated rings. The van der Waals surface area contributed by atoms with Crippen LogP contribution in [-0.2, 0) is 11.3 Å². The van der Waals surface area contributed by atoms with Gasteiger partial charge in [0, 0.05) is 18.7 Å². The lowest BCUT2D eigenvalue weighted by molar-refractivity contribution is 0.153. The van der Waals surface area contributed by atoms with Crippen molar-refractivity contribution in [2.45, 2.75) is 39.2 Å². The summed E-state index contributed by atoms with van der Waals surface area (Å²) in [6.07, 6.45) is 6.88. The second kappa shape index (κ2) is 10.2. The maximum Gasteiger partial charge on any atom is 0.191 e. The summed E-state index contributed by atoms with van der Waals surface area (Å²) in [6, 6.07) is 8.22. The van der Waals surface area contributed by atoms with Gasteiger partial charge in [0.15, 0.2) is 5.96 Å². The fourth-order valence-electron chi connectivity index (χ4n) is 2.91. The highest BCUT2D eigenvalue weighted by atomic mass is 16.5. The first-order valence-electron chi connectivity index (χ1n) is 9.83. The lowest BCUT2D eigenvalue weighted by atomic mass is 10.1. The van der Waals surface area contributed by atoms with E-state index in [-0.39, 0.29) is 0 Å². The second-order valence-electron chi connectivity index (χ2n) is 6.92. The van der Waals surface area contributed by atoms with Gasteiger partial charge >= 0.3 is 0 Å². The van der Waals surface area contributed by atoms with E-state index in [2.05, 4.69) is 29.7 Å². The Balaban J connectivity index is 1.51. The zero-order valence-electron chi connectivity index (χ0n) is 15.8. The fourth-order valence-corrected chi connectivity index (χ4v) is 2.91. The van der Waals surface area contributed by atoms with Crippen LogP contribution in [0.3, 0.4) is 0 Å². The average Bonchev–Trinajstić information content (AvgIpc) is 3.50. The molecular formula is C21H31N3O2. The molecule has 0 amide bonds. The number of nitrogens with one attached hydrogen (secondary N) is 2. The van der Waals surface area contributed by atoms with E-state index in [1.807, 2.05) is 18.2 Å². The molecule has 1 heterocycles. The molecule has 26 heavy (non-hydrogen) atoms. The van der Waals surface area contributed by atoms with Gasteiger partial charge in [-0.3, -0.25) is 0 Å². The highest BCUT2D eigenvalue weighted by molar-refractivity contribution is 5.79. The van der Waals surface area contributed by atoms with Crippen molar-refractivity contribution in [1.82, 2.24) is 10.6 Å².